The van der Waals surface area contributed by atoms with Crippen molar-refractivity contribution in [2.75, 3.05) is 77.6 Å². The molecule has 0 bridgehead atoms. The molecule has 1 aromatic heterocycles. The number of amides is 1. The smallest absolute Gasteiger partial charge is 0.254 e. The Bertz CT molecular complexity index is 1820. The van der Waals surface area contributed by atoms with Crippen LogP contribution in [0, 0.1) is 0 Å². The molecule has 0 radical (unpaired) electrons. The highest BCUT2D eigenvalue weighted by Crippen LogP contribution is 2.42. The number of likely N-dealkylation sites (tertiary alicyclic amines) is 1. The Balaban J connectivity index is 1.08. The molecule has 3 aliphatic heterocycles. The lowest BCUT2D eigenvalue weighted by molar-refractivity contribution is -0.216. The molecule has 266 valence electrons. The van der Waals surface area contributed by atoms with Gasteiger partial charge in [0.1, 0.15) is 0 Å². The Labute approximate surface area is 303 Å². The first-order chi connectivity index (χ1) is 24.4. The highest BCUT2D eigenvalue weighted by atomic mass is 35.5. The van der Waals surface area contributed by atoms with Gasteiger partial charge in [0.25, 0.3) is 5.91 Å². The number of methoxy groups -OCH3 is 1. The predicted octanol–water partition coefficient (Wildman–Crippen LogP) is 6.64. The number of para-hydroxylation sites is 2. The van der Waals surface area contributed by atoms with Crippen LogP contribution in [0.3, 0.4) is 0 Å². The summed E-state index contributed by atoms with van der Waals surface area (Å²) in [6.45, 7) is 10.5. The van der Waals surface area contributed by atoms with Gasteiger partial charge in [-0.3, -0.25) is 4.79 Å². The SMILES string of the molecule is CCOCCn1c(N2CCCN(CCC3(c4ccc(Cl)c(Cl)c4)CCN(C(=O)c4cc5c(c(OC)c4)OOCC5)C3)CC2)nc2ccccc21. The third kappa shape index (κ3) is 7.14. The van der Waals surface area contributed by atoms with Crippen LogP contribution >= 0.6 is 23.2 Å². The Kier molecular flexibility index (Phi) is 10.7. The van der Waals surface area contributed by atoms with Gasteiger partial charge in [-0.25, -0.2) is 4.98 Å². The number of halogens is 2. The van der Waals surface area contributed by atoms with Gasteiger partial charge in [-0.2, -0.15) is 4.89 Å². The van der Waals surface area contributed by atoms with E-state index in [1.807, 2.05) is 36.1 Å². The van der Waals surface area contributed by atoms with Crippen molar-refractivity contribution in [1.29, 1.82) is 0 Å². The molecule has 1 amide bonds. The maximum atomic E-state index is 14.1. The van der Waals surface area contributed by atoms with Crippen LogP contribution in [0.25, 0.3) is 11.0 Å². The van der Waals surface area contributed by atoms with E-state index in [4.69, 9.17) is 47.4 Å². The summed E-state index contributed by atoms with van der Waals surface area (Å²) in [7, 11) is 1.58. The maximum Gasteiger partial charge on any atom is 0.254 e. The van der Waals surface area contributed by atoms with E-state index in [2.05, 4.69) is 38.6 Å². The zero-order valence-corrected chi connectivity index (χ0v) is 30.3. The van der Waals surface area contributed by atoms with Crippen molar-refractivity contribution in [3.05, 3.63) is 81.3 Å². The van der Waals surface area contributed by atoms with E-state index in [-0.39, 0.29) is 11.3 Å². The first kappa shape index (κ1) is 34.9. The lowest BCUT2D eigenvalue weighted by atomic mass is 9.76. The molecule has 1 unspecified atom stereocenters. The number of nitrogens with zero attached hydrogens (tertiary/aromatic N) is 5. The maximum absolute atomic E-state index is 14.1. The van der Waals surface area contributed by atoms with Gasteiger partial charge in [0, 0.05) is 68.8 Å². The van der Waals surface area contributed by atoms with Crippen molar-refractivity contribution in [3.63, 3.8) is 0 Å². The van der Waals surface area contributed by atoms with Crippen LogP contribution in [0.2, 0.25) is 10.0 Å². The molecule has 50 heavy (non-hydrogen) atoms. The van der Waals surface area contributed by atoms with E-state index in [1.54, 1.807) is 13.2 Å². The van der Waals surface area contributed by atoms with Crippen LogP contribution < -0.4 is 14.5 Å². The molecule has 4 heterocycles. The van der Waals surface area contributed by atoms with Crippen molar-refractivity contribution >= 4 is 46.1 Å². The summed E-state index contributed by atoms with van der Waals surface area (Å²) in [6.07, 6.45) is 3.41. The molecule has 3 aliphatic rings. The van der Waals surface area contributed by atoms with E-state index in [0.29, 0.717) is 66.4 Å². The van der Waals surface area contributed by atoms with E-state index in [1.165, 1.54) is 0 Å². The number of aromatic nitrogens is 2. The Hall–Kier alpha value is -3.54. The van der Waals surface area contributed by atoms with E-state index in [0.717, 1.165) is 86.6 Å². The van der Waals surface area contributed by atoms with Gasteiger partial charge in [-0.15, -0.1) is 0 Å². The average molecular weight is 723 g/mol. The van der Waals surface area contributed by atoms with Gasteiger partial charge in [0.15, 0.2) is 5.75 Å². The van der Waals surface area contributed by atoms with Gasteiger partial charge in [-0.1, -0.05) is 41.4 Å². The molecular formula is C38H45Cl2N5O5. The molecule has 10 nitrogen and oxygen atoms in total. The van der Waals surface area contributed by atoms with E-state index >= 15 is 0 Å². The Morgan fingerprint density at radius 3 is 2.72 bits per heavy atom. The standard InChI is InChI=1S/C38H45Cl2N5O5/c1-3-48-22-20-45-33-8-5-4-7-32(33)41-37(45)43-15-6-14-42(18-19-43)16-12-38(29-9-10-30(39)31(40)25-29)13-17-44(26-38)36(46)28-23-27-11-21-49-50-35(27)34(24-28)47-2/h4-5,7-10,23-25H,3,6,11-22,26H2,1-2H3. The van der Waals surface area contributed by atoms with Crippen molar-refractivity contribution in [3.8, 4) is 11.5 Å². The third-order valence-electron chi connectivity index (χ3n) is 10.4. The normalized spacial score (nSPS) is 19.8. The molecule has 0 N–H and O–H groups in total. The Morgan fingerprint density at radius 1 is 1.00 bits per heavy atom. The predicted molar refractivity (Wildman–Crippen MR) is 196 cm³/mol. The largest absolute Gasteiger partial charge is 0.493 e. The monoisotopic (exact) mass is 721 g/mol. The van der Waals surface area contributed by atoms with E-state index < -0.39 is 0 Å². The van der Waals surface area contributed by atoms with Crippen LogP contribution in [-0.2, 0) is 28.0 Å². The zero-order chi connectivity index (χ0) is 34.7. The summed E-state index contributed by atoms with van der Waals surface area (Å²) in [4.78, 5) is 36.7. The molecule has 3 aromatic carbocycles. The van der Waals surface area contributed by atoms with Crippen LogP contribution in [0.5, 0.6) is 11.5 Å². The minimum atomic E-state index is -0.265. The number of anilines is 1. The van der Waals surface area contributed by atoms with Crippen LogP contribution in [0.4, 0.5) is 5.95 Å². The van der Waals surface area contributed by atoms with Crippen molar-refractivity contribution in [2.45, 2.75) is 44.6 Å². The number of fused-ring (bicyclic) bond motifs is 2. The number of benzene rings is 3. The Morgan fingerprint density at radius 2 is 1.88 bits per heavy atom. The average Bonchev–Trinajstić information content (AvgIpc) is 3.66. The fourth-order valence-electron chi connectivity index (χ4n) is 7.70. The van der Waals surface area contributed by atoms with Gasteiger partial charge < -0.3 is 33.6 Å². The molecule has 2 fully saturated rings. The topological polar surface area (TPSA) is 81.5 Å². The molecule has 1 atom stereocenters. The second-order valence-corrected chi connectivity index (χ2v) is 14.2. The number of ether oxygens (including phenoxy) is 2. The van der Waals surface area contributed by atoms with Crippen molar-refractivity contribution in [1.82, 2.24) is 19.4 Å². The summed E-state index contributed by atoms with van der Waals surface area (Å²) in [6, 6.07) is 18.0. The summed E-state index contributed by atoms with van der Waals surface area (Å²) >= 11 is 13.0. The third-order valence-corrected chi connectivity index (χ3v) is 11.2. The summed E-state index contributed by atoms with van der Waals surface area (Å²) < 4.78 is 13.6. The van der Waals surface area contributed by atoms with E-state index in [9.17, 15) is 4.79 Å². The second kappa shape index (κ2) is 15.4. The molecule has 7 rings (SSSR count). The minimum Gasteiger partial charge on any atom is -0.493 e. The van der Waals surface area contributed by atoms with Crippen LogP contribution in [0.15, 0.2) is 54.6 Å². The van der Waals surface area contributed by atoms with Gasteiger partial charge in [0.05, 0.1) is 41.4 Å². The molecule has 0 saturated carbocycles. The summed E-state index contributed by atoms with van der Waals surface area (Å²) in [5.74, 6) is 2.04. The fourth-order valence-corrected chi connectivity index (χ4v) is 8.00. The zero-order valence-electron chi connectivity index (χ0n) is 28.8. The highest BCUT2D eigenvalue weighted by molar-refractivity contribution is 6.42. The number of hydrogen-bond donors (Lipinski definition) is 0. The summed E-state index contributed by atoms with van der Waals surface area (Å²) in [5.41, 5.74) is 4.52. The number of imidazole rings is 1. The molecular weight excluding hydrogens is 677 g/mol. The first-order valence-corrected chi connectivity index (χ1v) is 18.4. The summed E-state index contributed by atoms with van der Waals surface area (Å²) in [5, 5.41) is 1.07. The molecule has 12 heteroatoms. The highest BCUT2D eigenvalue weighted by Gasteiger charge is 2.42. The molecule has 0 spiro atoms. The number of rotatable bonds is 11. The molecule has 0 aliphatic carbocycles. The van der Waals surface area contributed by atoms with Gasteiger partial charge in [-0.05, 0) is 81.2 Å². The van der Waals surface area contributed by atoms with Crippen LogP contribution in [-0.4, -0.2) is 98.0 Å². The van der Waals surface area contributed by atoms with Gasteiger partial charge in [0.2, 0.25) is 11.7 Å². The lowest BCUT2D eigenvalue weighted by Gasteiger charge is -2.33. The van der Waals surface area contributed by atoms with Crippen LogP contribution in [0.1, 0.15) is 47.7 Å². The molecule has 4 aromatic rings. The fraction of sp³-hybridized carbons (Fsp3) is 0.474. The number of carbonyl (C=O) groups excluding carboxylic acids is 1. The van der Waals surface area contributed by atoms with Crippen molar-refractivity contribution < 1.29 is 24.0 Å². The first-order valence-electron chi connectivity index (χ1n) is 17.6. The minimum absolute atomic E-state index is 0.0165. The van der Waals surface area contributed by atoms with Gasteiger partial charge >= 0.3 is 0 Å². The molecule has 2 saturated heterocycles. The second-order valence-electron chi connectivity index (χ2n) is 13.4. The number of hydrogen-bond acceptors (Lipinski definition) is 8. The number of carbonyl (C=O) groups is 1. The van der Waals surface area contributed by atoms with Crippen molar-refractivity contribution in [2.24, 2.45) is 0 Å². The lowest BCUT2D eigenvalue weighted by Crippen LogP contribution is -2.39. The quantitative estimate of drug-likeness (QED) is 0.126.